The minimum absolute atomic E-state index is 0.239. The van der Waals surface area contributed by atoms with Crippen LogP contribution in [0.4, 0.5) is 0 Å². The minimum atomic E-state index is -0.239. The fourth-order valence-corrected chi connectivity index (χ4v) is 4.48. The van der Waals surface area contributed by atoms with Crippen LogP contribution in [0.2, 0.25) is 0 Å². The number of aryl methyl sites for hydroxylation is 2. The molecule has 0 fully saturated rings. The van der Waals surface area contributed by atoms with Crippen LogP contribution in [0, 0.1) is 26.2 Å². The first kappa shape index (κ1) is 17.5. The summed E-state index contributed by atoms with van der Waals surface area (Å²) in [5.41, 5.74) is 3.99. The maximum absolute atomic E-state index is 12.7. The minimum Gasteiger partial charge on any atom is -0.305 e. The van der Waals surface area contributed by atoms with Crippen molar-refractivity contribution in [2.45, 2.75) is 25.3 Å². The first-order chi connectivity index (χ1) is 12.0. The molecule has 25 heavy (non-hydrogen) atoms. The third-order valence-electron chi connectivity index (χ3n) is 3.90. The molecule has 0 aliphatic carbocycles. The van der Waals surface area contributed by atoms with Gasteiger partial charge < -0.3 is 4.57 Å². The van der Waals surface area contributed by atoms with Crippen molar-refractivity contribution in [2.75, 3.05) is 6.26 Å². The van der Waals surface area contributed by atoms with Gasteiger partial charge in [-0.05, 0) is 49.4 Å². The number of aromatic nitrogens is 1. The van der Waals surface area contributed by atoms with Crippen molar-refractivity contribution in [3.05, 3.63) is 57.9 Å². The number of benzene rings is 2. The van der Waals surface area contributed by atoms with E-state index >= 15 is 0 Å². The standard InChI is InChI=1S/C20H18N2OS2/c1-5-10-22-16-12-13(2)11-14(3)18(16)25-20(22)21-19(23)15-8-6-7-9-17(15)24-4/h1,6-9,11-12H,10H2,2-4H3. The Morgan fingerprint density at radius 3 is 2.80 bits per heavy atom. The summed E-state index contributed by atoms with van der Waals surface area (Å²) in [6, 6.07) is 11.7. The highest BCUT2D eigenvalue weighted by Gasteiger charge is 2.13. The van der Waals surface area contributed by atoms with Gasteiger partial charge in [0.15, 0.2) is 4.80 Å². The molecule has 0 aliphatic rings. The highest BCUT2D eigenvalue weighted by Crippen LogP contribution is 2.24. The van der Waals surface area contributed by atoms with E-state index in [0.29, 0.717) is 16.9 Å². The fourth-order valence-electron chi connectivity index (χ4n) is 2.81. The average molecular weight is 367 g/mol. The normalized spacial score (nSPS) is 11.7. The summed E-state index contributed by atoms with van der Waals surface area (Å²) in [6.45, 7) is 4.51. The number of terminal acetylenes is 1. The van der Waals surface area contributed by atoms with Crippen molar-refractivity contribution in [1.82, 2.24) is 4.57 Å². The first-order valence-electron chi connectivity index (χ1n) is 7.81. The molecule has 126 valence electrons. The number of nitrogens with zero attached hydrogens (tertiary/aromatic N) is 2. The zero-order valence-corrected chi connectivity index (χ0v) is 16.0. The summed E-state index contributed by atoms with van der Waals surface area (Å²) in [5.74, 6) is 2.43. The van der Waals surface area contributed by atoms with Crippen LogP contribution in [0.1, 0.15) is 21.5 Å². The van der Waals surface area contributed by atoms with Gasteiger partial charge in [-0.2, -0.15) is 4.99 Å². The van der Waals surface area contributed by atoms with Crippen LogP contribution in [-0.2, 0) is 6.54 Å². The van der Waals surface area contributed by atoms with Crippen LogP contribution in [-0.4, -0.2) is 16.7 Å². The average Bonchev–Trinajstić information content (AvgIpc) is 2.93. The molecule has 0 radical (unpaired) electrons. The lowest BCUT2D eigenvalue weighted by Crippen LogP contribution is -2.16. The zero-order valence-electron chi connectivity index (χ0n) is 14.4. The molecule has 0 spiro atoms. The van der Waals surface area contributed by atoms with Crippen molar-refractivity contribution < 1.29 is 4.79 Å². The van der Waals surface area contributed by atoms with Crippen LogP contribution in [0.15, 0.2) is 46.3 Å². The molecule has 0 saturated carbocycles. The van der Waals surface area contributed by atoms with E-state index in [-0.39, 0.29) is 5.91 Å². The Balaban J connectivity index is 2.22. The van der Waals surface area contributed by atoms with Gasteiger partial charge in [0.1, 0.15) is 0 Å². The molecule has 1 heterocycles. The van der Waals surface area contributed by atoms with E-state index in [0.717, 1.165) is 15.1 Å². The molecule has 0 atom stereocenters. The smallest absolute Gasteiger partial charge is 0.280 e. The Hall–Kier alpha value is -2.29. The van der Waals surface area contributed by atoms with Crippen LogP contribution in [0.25, 0.3) is 10.2 Å². The Kier molecular flexibility index (Phi) is 5.12. The van der Waals surface area contributed by atoms with Gasteiger partial charge in [0, 0.05) is 4.90 Å². The lowest BCUT2D eigenvalue weighted by molar-refractivity contribution is 0.0995. The molecule has 2 aromatic carbocycles. The molecule has 3 rings (SSSR count). The maximum atomic E-state index is 12.7. The van der Waals surface area contributed by atoms with Crippen LogP contribution in [0.5, 0.6) is 0 Å². The first-order valence-corrected chi connectivity index (χ1v) is 9.85. The Morgan fingerprint density at radius 1 is 1.32 bits per heavy atom. The van der Waals surface area contributed by atoms with E-state index < -0.39 is 0 Å². The Morgan fingerprint density at radius 2 is 2.08 bits per heavy atom. The van der Waals surface area contributed by atoms with E-state index in [1.807, 2.05) is 35.1 Å². The molecular weight excluding hydrogens is 348 g/mol. The van der Waals surface area contributed by atoms with Gasteiger partial charge in [-0.25, -0.2) is 0 Å². The molecule has 1 aromatic heterocycles. The third-order valence-corrected chi connectivity index (χ3v) is 5.92. The summed E-state index contributed by atoms with van der Waals surface area (Å²) >= 11 is 3.05. The van der Waals surface area contributed by atoms with E-state index in [9.17, 15) is 4.79 Å². The maximum Gasteiger partial charge on any atom is 0.280 e. The number of carbonyl (C=O) groups excluding carboxylic acids is 1. The molecule has 3 nitrogen and oxygen atoms in total. The lowest BCUT2D eigenvalue weighted by Gasteiger charge is -2.04. The van der Waals surface area contributed by atoms with E-state index in [1.54, 1.807) is 11.8 Å². The molecule has 0 unspecified atom stereocenters. The summed E-state index contributed by atoms with van der Waals surface area (Å²) in [4.78, 5) is 18.7. The van der Waals surface area contributed by atoms with Crippen molar-refractivity contribution >= 4 is 39.2 Å². The zero-order chi connectivity index (χ0) is 18.0. The quantitative estimate of drug-likeness (QED) is 0.508. The highest BCUT2D eigenvalue weighted by atomic mass is 32.2. The van der Waals surface area contributed by atoms with Gasteiger partial charge in [0.25, 0.3) is 5.91 Å². The molecule has 0 bridgehead atoms. The molecule has 0 saturated heterocycles. The second-order valence-electron chi connectivity index (χ2n) is 5.72. The SMILES string of the molecule is C#CCn1c(=NC(=O)c2ccccc2SC)sc2c(C)cc(C)cc21. The molecule has 1 amide bonds. The lowest BCUT2D eigenvalue weighted by atomic mass is 10.1. The van der Waals surface area contributed by atoms with Gasteiger partial charge in [-0.15, -0.1) is 18.2 Å². The van der Waals surface area contributed by atoms with Gasteiger partial charge in [0.05, 0.1) is 22.3 Å². The van der Waals surface area contributed by atoms with Gasteiger partial charge >= 0.3 is 0 Å². The fraction of sp³-hybridized carbons (Fsp3) is 0.200. The summed E-state index contributed by atoms with van der Waals surface area (Å²) in [6.07, 6.45) is 7.50. The number of hydrogen-bond donors (Lipinski definition) is 0. The number of thioether (sulfide) groups is 1. The van der Waals surface area contributed by atoms with Crippen molar-refractivity contribution in [2.24, 2.45) is 4.99 Å². The molecule has 0 aliphatic heterocycles. The number of rotatable bonds is 3. The number of amides is 1. The second-order valence-corrected chi connectivity index (χ2v) is 7.55. The molecular formula is C20H18N2OS2. The predicted octanol–water partition coefficient (Wildman–Crippen LogP) is 4.42. The van der Waals surface area contributed by atoms with Crippen molar-refractivity contribution in [3.63, 3.8) is 0 Å². The monoisotopic (exact) mass is 366 g/mol. The summed E-state index contributed by atoms with van der Waals surface area (Å²) < 4.78 is 3.06. The van der Waals surface area contributed by atoms with Gasteiger partial charge in [0.2, 0.25) is 0 Å². The highest BCUT2D eigenvalue weighted by molar-refractivity contribution is 7.98. The summed E-state index contributed by atoms with van der Waals surface area (Å²) in [7, 11) is 0. The number of hydrogen-bond acceptors (Lipinski definition) is 3. The Labute approximate surface area is 155 Å². The van der Waals surface area contributed by atoms with Crippen LogP contribution < -0.4 is 4.80 Å². The second kappa shape index (κ2) is 7.30. The van der Waals surface area contributed by atoms with Crippen molar-refractivity contribution in [3.8, 4) is 12.3 Å². The van der Waals surface area contributed by atoms with Gasteiger partial charge in [-0.3, -0.25) is 4.79 Å². The third kappa shape index (κ3) is 3.41. The van der Waals surface area contributed by atoms with Crippen LogP contribution in [0.3, 0.4) is 0 Å². The number of thiazole rings is 1. The molecule has 5 heteroatoms. The van der Waals surface area contributed by atoms with Gasteiger partial charge in [-0.1, -0.05) is 35.5 Å². The van der Waals surface area contributed by atoms with Crippen molar-refractivity contribution in [1.29, 1.82) is 0 Å². The van der Waals surface area contributed by atoms with E-state index in [2.05, 4.69) is 36.9 Å². The topological polar surface area (TPSA) is 34.4 Å². The molecule has 3 aromatic rings. The van der Waals surface area contributed by atoms with Crippen LogP contribution >= 0.6 is 23.1 Å². The van der Waals surface area contributed by atoms with E-state index in [1.165, 1.54) is 22.5 Å². The number of carbonyl (C=O) groups is 1. The predicted molar refractivity (Wildman–Crippen MR) is 106 cm³/mol. The largest absolute Gasteiger partial charge is 0.305 e. The van der Waals surface area contributed by atoms with E-state index in [4.69, 9.17) is 6.42 Å². The summed E-state index contributed by atoms with van der Waals surface area (Å²) in [5, 5.41) is 0. The number of fused-ring (bicyclic) bond motifs is 1. The molecule has 0 N–H and O–H groups in total. The Bertz CT molecular complexity index is 1070.